The Morgan fingerprint density at radius 1 is 1.46 bits per heavy atom. The van der Waals surface area contributed by atoms with Gasteiger partial charge in [0.05, 0.1) is 0 Å². The van der Waals surface area contributed by atoms with Crippen molar-refractivity contribution < 1.29 is 0 Å². The predicted octanol–water partition coefficient (Wildman–Crippen LogP) is 4.50. The van der Waals surface area contributed by atoms with E-state index in [1.165, 1.54) is 24.8 Å². The van der Waals surface area contributed by atoms with Crippen molar-refractivity contribution in [1.29, 1.82) is 0 Å². The monoisotopic (exact) mass is 178 g/mol. The van der Waals surface area contributed by atoms with Crippen molar-refractivity contribution in [2.45, 2.75) is 40.0 Å². The molecule has 1 unspecified atom stereocenters. The summed E-state index contributed by atoms with van der Waals surface area (Å²) < 4.78 is 0. The topological polar surface area (TPSA) is 0 Å². The zero-order valence-corrected chi connectivity index (χ0v) is 9.22. The van der Waals surface area contributed by atoms with Gasteiger partial charge in [0, 0.05) is 0 Å². The maximum absolute atomic E-state index is 3.72. The van der Waals surface area contributed by atoms with Crippen molar-refractivity contribution in [2.24, 2.45) is 5.92 Å². The van der Waals surface area contributed by atoms with E-state index in [0.29, 0.717) is 0 Å². The van der Waals surface area contributed by atoms with Crippen LogP contribution in [0.1, 0.15) is 40.0 Å². The summed E-state index contributed by atoms with van der Waals surface area (Å²) in [5.41, 5.74) is 1.39. The fourth-order valence-corrected chi connectivity index (χ4v) is 1.20. The molecule has 0 aliphatic heterocycles. The van der Waals surface area contributed by atoms with Crippen LogP contribution < -0.4 is 0 Å². The Bertz CT molecular complexity index is 184. The lowest BCUT2D eigenvalue weighted by Crippen LogP contribution is -1.92. The lowest BCUT2D eigenvalue weighted by molar-refractivity contribution is 0.517. The normalized spacial score (nSPS) is 14.8. The molecule has 0 saturated carbocycles. The molecule has 0 nitrogen and oxygen atoms in total. The van der Waals surface area contributed by atoms with Crippen LogP contribution in [0.25, 0.3) is 0 Å². The maximum atomic E-state index is 3.72. The average Bonchev–Trinajstić information content (AvgIpc) is 2.14. The molecule has 74 valence electrons. The SMILES string of the molecule is C=C/C=C(\C=C/C)CCC(C)CC. The molecule has 0 saturated heterocycles. The molecule has 13 heavy (non-hydrogen) atoms. The molecule has 0 aromatic carbocycles. The fraction of sp³-hybridized carbons (Fsp3) is 0.538. The highest BCUT2D eigenvalue weighted by molar-refractivity contribution is 5.22. The molecule has 0 aromatic heterocycles. The predicted molar refractivity (Wildman–Crippen MR) is 61.8 cm³/mol. The molecule has 0 rings (SSSR count). The zero-order valence-electron chi connectivity index (χ0n) is 9.22. The molecular weight excluding hydrogens is 156 g/mol. The zero-order chi connectivity index (χ0) is 10.1. The minimum absolute atomic E-state index is 0.832. The first kappa shape index (κ1) is 12.2. The molecule has 0 fully saturated rings. The van der Waals surface area contributed by atoms with Gasteiger partial charge in [-0.2, -0.15) is 0 Å². The summed E-state index contributed by atoms with van der Waals surface area (Å²) in [7, 11) is 0. The highest BCUT2D eigenvalue weighted by atomic mass is 14.0. The minimum atomic E-state index is 0.832. The summed E-state index contributed by atoms with van der Waals surface area (Å²) in [6, 6.07) is 0. The quantitative estimate of drug-likeness (QED) is 0.525. The number of hydrogen-bond donors (Lipinski definition) is 0. The van der Waals surface area contributed by atoms with E-state index < -0.39 is 0 Å². The van der Waals surface area contributed by atoms with Crippen LogP contribution in [0.2, 0.25) is 0 Å². The minimum Gasteiger partial charge on any atom is -0.0991 e. The van der Waals surface area contributed by atoms with Gasteiger partial charge in [-0.15, -0.1) is 0 Å². The van der Waals surface area contributed by atoms with Gasteiger partial charge in [-0.3, -0.25) is 0 Å². The van der Waals surface area contributed by atoms with Gasteiger partial charge in [0.1, 0.15) is 0 Å². The second kappa shape index (κ2) is 7.85. The van der Waals surface area contributed by atoms with E-state index >= 15 is 0 Å². The van der Waals surface area contributed by atoms with Crippen LogP contribution in [0.4, 0.5) is 0 Å². The highest BCUT2D eigenvalue weighted by Crippen LogP contribution is 2.15. The Morgan fingerprint density at radius 2 is 2.15 bits per heavy atom. The van der Waals surface area contributed by atoms with E-state index in [2.05, 4.69) is 45.6 Å². The molecule has 0 radical (unpaired) electrons. The van der Waals surface area contributed by atoms with Gasteiger partial charge in [-0.25, -0.2) is 0 Å². The van der Waals surface area contributed by atoms with E-state index in [0.717, 1.165) is 5.92 Å². The lowest BCUT2D eigenvalue weighted by atomic mass is 9.98. The molecule has 0 N–H and O–H groups in total. The first-order valence-electron chi connectivity index (χ1n) is 5.18. The van der Waals surface area contributed by atoms with Crippen LogP contribution in [0.3, 0.4) is 0 Å². The summed E-state index contributed by atoms with van der Waals surface area (Å²) in [6.07, 6.45) is 12.0. The van der Waals surface area contributed by atoms with Crippen molar-refractivity contribution in [3.05, 3.63) is 36.5 Å². The summed E-state index contributed by atoms with van der Waals surface area (Å²) >= 11 is 0. The molecule has 0 aliphatic rings. The van der Waals surface area contributed by atoms with Gasteiger partial charge >= 0.3 is 0 Å². The van der Waals surface area contributed by atoms with E-state index in [1.807, 2.05) is 6.08 Å². The molecule has 0 aromatic rings. The van der Waals surface area contributed by atoms with Crippen molar-refractivity contribution >= 4 is 0 Å². The van der Waals surface area contributed by atoms with Gasteiger partial charge in [-0.1, -0.05) is 51.2 Å². The largest absolute Gasteiger partial charge is 0.0991 e. The van der Waals surface area contributed by atoms with E-state index in [-0.39, 0.29) is 0 Å². The smallest absolute Gasteiger partial charge is 0.0276 e. The highest BCUT2D eigenvalue weighted by Gasteiger charge is 1.99. The standard InChI is InChI=1S/C13H22/c1-5-8-13(9-6-2)11-10-12(4)7-3/h5-6,8-9,12H,1,7,10-11H2,2-4H3/b9-6-,13-8+. The Labute approximate surface area is 83.0 Å². The Morgan fingerprint density at radius 3 is 2.62 bits per heavy atom. The third-order valence-electron chi connectivity index (χ3n) is 2.34. The van der Waals surface area contributed by atoms with Crippen molar-refractivity contribution in [3.63, 3.8) is 0 Å². The molecule has 1 atom stereocenters. The van der Waals surface area contributed by atoms with Crippen LogP contribution in [0.5, 0.6) is 0 Å². The van der Waals surface area contributed by atoms with Gasteiger partial charge in [-0.05, 0) is 31.3 Å². The van der Waals surface area contributed by atoms with Crippen molar-refractivity contribution in [3.8, 4) is 0 Å². The van der Waals surface area contributed by atoms with E-state index in [4.69, 9.17) is 0 Å². The average molecular weight is 178 g/mol. The van der Waals surface area contributed by atoms with Crippen LogP contribution in [0.15, 0.2) is 36.5 Å². The third-order valence-corrected chi connectivity index (χ3v) is 2.34. The van der Waals surface area contributed by atoms with E-state index in [9.17, 15) is 0 Å². The Kier molecular flexibility index (Phi) is 7.38. The van der Waals surface area contributed by atoms with E-state index in [1.54, 1.807) is 0 Å². The summed E-state index contributed by atoms with van der Waals surface area (Å²) in [4.78, 5) is 0. The molecule has 0 aliphatic carbocycles. The third kappa shape index (κ3) is 6.39. The summed E-state index contributed by atoms with van der Waals surface area (Å²) in [5, 5.41) is 0. The van der Waals surface area contributed by atoms with Crippen molar-refractivity contribution in [2.75, 3.05) is 0 Å². The van der Waals surface area contributed by atoms with Crippen molar-refractivity contribution in [1.82, 2.24) is 0 Å². The first-order chi connectivity index (χ1) is 6.24. The molecule has 0 amide bonds. The number of allylic oxidation sites excluding steroid dienone is 5. The van der Waals surface area contributed by atoms with Gasteiger partial charge in [0.2, 0.25) is 0 Å². The molecule has 0 bridgehead atoms. The van der Waals surface area contributed by atoms with Crippen LogP contribution >= 0.6 is 0 Å². The molecule has 0 heteroatoms. The maximum Gasteiger partial charge on any atom is -0.0276 e. The molecule has 0 heterocycles. The van der Waals surface area contributed by atoms with Crippen LogP contribution in [-0.2, 0) is 0 Å². The first-order valence-corrected chi connectivity index (χ1v) is 5.18. The second-order valence-corrected chi connectivity index (χ2v) is 3.53. The summed E-state index contributed by atoms with van der Waals surface area (Å²) in [5.74, 6) is 0.832. The Balaban J connectivity index is 3.97. The Hall–Kier alpha value is -0.780. The van der Waals surface area contributed by atoms with Crippen LogP contribution in [0, 0.1) is 5.92 Å². The van der Waals surface area contributed by atoms with Gasteiger partial charge in [0.25, 0.3) is 0 Å². The van der Waals surface area contributed by atoms with Crippen LogP contribution in [-0.4, -0.2) is 0 Å². The second-order valence-electron chi connectivity index (χ2n) is 3.53. The fourth-order valence-electron chi connectivity index (χ4n) is 1.20. The molecular formula is C13H22. The lowest BCUT2D eigenvalue weighted by Gasteiger charge is -2.07. The van der Waals surface area contributed by atoms with Gasteiger partial charge in [0.15, 0.2) is 0 Å². The summed E-state index contributed by atoms with van der Waals surface area (Å²) in [6.45, 7) is 10.3. The number of rotatable bonds is 6. The molecule has 0 spiro atoms. The number of hydrogen-bond acceptors (Lipinski definition) is 0. The van der Waals surface area contributed by atoms with Gasteiger partial charge < -0.3 is 0 Å².